The van der Waals surface area contributed by atoms with Crippen LogP contribution in [0.1, 0.15) is 5.82 Å². The van der Waals surface area contributed by atoms with E-state index < -0.39 is 6.10 Å². The van der Waals surface area contributed by atoms with Gasteiger partial charge in [-0.05, 0) is 30.3 Å². The third kappa shape index (κ3) is 6.22. The van der Waals surface area contributed by atoms with Gasteiger partial charge in [-0.25, -0.2) is 0 Å². The van der Waals surface area contributed by atoms with Crippen molar-refractivity contribution >= 4 is 0 Å². The second-order valence-corrected chi connectivity index (χ2v) is 7.94. The molecule has 4 rings (SSSR count). The molecule has 1 N–H and O–H groups in total. The van der Waals surface area contributed by atoms with Crippen LogP contribution in [0.4, 0.5) is 0 Å². The molecule has 176 valence electrons. The zero-order valence-electron chi connectivity index (χ0n) is 19.0. The minimum absolute atomic E-state index is 0.219. The molecular weight excluding hydrogens is 424 g/mol. The number of nitrogens with zero attached hydrogens (tertiary/aromatic N) is 4. The zero-order valence-corrected chi connectivity index (χ0v) is 19.0. The highest BCUT2D eigenvalue weighted by atomic mass is 16.5. The average Bonchev–Trinajstić information content (AvgIpc) is 3.32. The molecule has 1 aromatic heterocycles. The molecule has 2 heterocycles. The molecule has 1 aliphatic heterocycles. The SMILES string of the molecule is COc1cccc(-c2nc(CN3CCN(CC(O)COc4ccccc4OC)CC3)no2)c1. The number of methoxy groups -OCH3 is 2. The summed E-state index contributed by atoms with van der Waals surface area (Å²) in [6, 6.07) is 15.0. The monoisotopic (exact) mass is 454 g/mol. The largest absolute Gasteiger partial charge is 0.497 e. The lowest BCUT2D eigenvalue weighted by Gasteiger charge is -2.34. The number of hydrogen-bond donors (Lipinski definition) is 1. The van der Waals surface area contributed by atoms with E-state index in [1.807, 2.05) is 48.5 Å². The number of hydrogen-bond acceptors (Lipinski definition) is 9. The van der Waals surface area contributed by atoms with E-state index in [1.54, 1.807) is 14.2 Å². The Morgan fingerprint density at radius 3 is 2.48 bits per heavy atom. The lowest BCUT2D eigenvalue weighted by atomic mass is 10.2. The summed E-state index contributed by atoms with van der Waals surface area (Å²) in [6.45, 7) is 4.84. The summed E-state index contributed by atoms with van der Waals surface area (Å²) in [5, 5.41) is 14.5. The number of aromatic nitrogens is 2. The summed E-state index contributed by atoms with van der Waals surface area (Å²) in [5.74, 6) is 3.19. The minimum atomic E-state index is -0.580. The van der Waals surface area contributed by atoms with Crippen LogP contribution in [0, 0.1) is 0 Å². The van der Waals surface area contributed by atoms with Crippen LogP contribution in [0.2, 0.25) is 0 Å². The second kappa shape index (κ2) is 11.1. The fourth-order valence-electron chi connectivity index (χ4n) is 3.80. The number of β-amino-alcohol motifs (C(OH)–C–C–N with tert-alkyl or cyclic N) is 1. The van der Waals surface area contributed by atoms with Crippen molar-refractivity contribution in [2.75, 3.05) is 53.6 Å². The number of rotatable bonds is 10. The van der Waals surface area contributed by atoms with E-state index in [2.05, 4.69) is 19.9 Å². The Kier molecular flexibility index (Phi) is 7.77. The van der Waals surface area contributed by atoms with Crippen LogP contribution in [0.25, 0.3) is 11.5 Å². The number of piperazine rings is 1. The van der Waals surface area contributed by atoms with Crippen molar-refractivity contribution in [3.05, 3.63) is 54.4 Å². The van der Waals surface area contributed by atoms with E-state index in [-0.39, 0.29) is 6.61 Å². The molecule has 3 aromatic rings. The maximum absolute atomic E-state index is 10.4. The molecule has 9 nitrogen and oxygen atoms in total. The zero-order chi connectivity index (χ0) is 23.0. The molecule has 0 aliphatic carbocycles. The summed E-state index contributed by atoms with van der Waals surface area (Å²) in [6.07, 6.45) is -0.580. The molecular formula is C24H30N4O5. The van der Waals surface area contributed by atoms with Gasteiger partial charge in [-0.3, -0.25) is 9.80 Å². The highest BCUT2D eigenvalue weighted by Crippen LogP contribution is 2.26. The Balaban J connectivity index is 1.21. The van der Waals surface area contributed by atoms with Gasteiger partial charge in [0.2, 0.25) is 0 Å². The first-order chi connectivity index (χ1) is 16.1. The number of ether oxygens (including phenoxy) is 3. The molecule has 1 aliphatic rings. The van der Waals surface area contributed by atoms with Crippen molar-refractivity contribution in [2.24, 2.45) is 0 Å². The Labute approximate surface area is 193 Å². The molecule has 1 unspecified atom stereocenters. The van der Waals surface area contributed by atoms with Gasteiger partial charge in [0, 0.05) is 38.3 Å². The highest BCUT2D eigenvalue weighted by molar-refractivity contribution is 5.55. The van der Waals surface area contributed by atoms with Crippen molar-refractivity contribution in [3.63, 3.8) is 0 Å². The summed E-state index contributed by atoms with van der Waals surface area (Å²) in [7, 11) is 3.23. The van der Waals surface area contributed by atoms with Crippen LogP contribution in [0.3, 0.4) is 0 Å². The predicted molar refractivity (Wildman–Crippen MR) is 122 cm³/mol. The van der Waals surface area contributed by atoms with E-state index in [4.69, 9.17) is 18.7 Å². The van der Waals surface area contributed by atoms with Gasteiger partial charge in [0.1, 0.15) is 18.5 Å². The fourth-order valence-corrected chi connectivity index (χ4v) is 3.80. The molecule has 1 saturated heterocycles. The third-order valence-corrected chi connectivity index (χ3v) is 5.58. The molecule has 0 spiro atoms. The Morgan fingerprint density at radius 2 is 1.73 bits per heavy atom. The molecule has 1 fully saturated rings. The van der Waals surface area contributed by atoms with Gasteiger partial charge in [-0.1, -0.05) is 23.4 Å². The van der Waals surface area contributed by atoms with Crippen molar-refractivity contribution in [1.82, 2.24) is 19.9 Å². The van der Waals surface area contributed by atoms with Gasteiger partial charge in [-0.2, -0.15) is 4.98 Å². The maximum atomic E-state index is 10.4. The van der Waals surface area contributed by atoms with Gasteiger partial charge in [0.25, 0.3) is 5.89 Å². The quantitative estimate of drug-likeness (QED) is 0.495. The molecule has 9 heteroatoms. The van der Waals surface area contributed by atoms with E-state index >= 15 is 0 Å². The molecule has 0 saturated carbocycles. The standard InChI is InChI=1S/C24H30N4O5/c1-30-20-7-5-6-18(14-20)24-25-23(26-33-24)16-28-12-10-27(11-13-28)15-19(29)17-32-22-9-4-3-8-21(22)31-2/h3-9,14,19,29H,10-13,15-17H2,1-2H3. The van der Waals surface area contributed by atoms with Gasteiger partial charge in [0.15, 0.2) is 17.3 Å². The van der Waals surface area contributed by atoms with E-state index in [0.717, 1.165) is 37.5 Å². The highest BCUT2D eigenvalue weighted by Gasteiger charge is 2.21. The Hall–Kier alpha value is -3.14. The summed E-state index contributed by atoms with van der Waals surface area (Å²) >= 11 is 0. The van der Waals surface area contributed by atoms with Gasteiger partial charge < -0.3 is 23.8 Å². The molecule has 0 amide bonds. The van der Waals surface area contributed by atoms with E-state index in [0.29, 0.717) is 36.3 Å². The molecule has 0 radical (unpaired) electrons. The number of aliphatic hydroxyl groups is 1. The van der Waals surface area contributed by atoms with Crippen LogP contribution in [0.15, 0.2) is 53.1 Å². The Morgan fingerprint density at radius 1 is 0.970 bits per heavy atom. The minimum Gasteiger partial charge on any atom is -0.497 e. The van der Waals surface area contributed by atoms with E-state index in [9.17, 15) is 5.11 Å². The smallest absolute Gasteiger partial charge is 0.258 e. The van der Waals surface area contributed by atoms with Crippen LogP contribution in [-0.4, -0.2) is 84.7 Å². The lowest BCUT2D eigenvalue weighted by molar-refractivity contribution is 0.0434. The van der Waals surface area contributed by atoms with Crippen molar-refractivity contribution in [1.29, 1.82) is 0 Å². The summed E-state index contributed by atoms with van der Waals surface area (Å²) in [4.78, 5) is 9.06. The summed E-state index contributed by atoms with van der Waals surface area (Å²) in [5.41, 5.74) is 0.835. The predicted octanol–water partition coefficient (Wildman–Crippen LogP) is 2.31. The van der Waals surface area contributed by atoms with Crippen LogP contribution < -0.4 is 14.2 Å². The number of aliphatic hydroxyl groups excluding tert-OH is 1. The van der Waals surface area contributed by atoms with Gasteiger partial charge in [-0.15, -0.1) is 0 Å². The van der Waals surface area contributed by atoms with Crippen molar-refractivity contribution < 1.29 is 23.8 Å². The fraction of sp³-hybridized carbons (Fsp3) is 0.417. The summed E-state index contributed by atoms with van der Waals surface area (Å²) < 4.78 is 21.7. The molecule has 2 aromatic carbocycles. The first-order valence-corrected chi connectivity index (χ1v) is 11.0. The average molecular weight is 455 g/mol. The van der Waals surface area contributed by atoms with Crippen molar-refractivity contribution in [3.8, 4) is 28.7 Å². The van der Waals surface area contributed by atoms with Crippen molar-refractivity contribution in [2.45, 2.75) is 12.6 Å². The molecule has 0 bridgehead atoms. The molecule has 33 heavy (non-hydrogen) atoms. The second-order valence-electron chi connectivity index (χ2n) is 7.94. The number of benzene rings is 2. The van der Waals surface area contributed by atoms with Crippen LogP contribution in [0.5, 0.6) is 17.2 Å². The first kappa shape index (κ1) is 23.0. The van der Waals surface area contributed by atoms with Gasteiger partial charge in [0.05, 0.1) is 20.8 Å². The topological polar surface area (TPSA) is 93.3 Å². The third-order valence-electron chi connectivity index (χ3n) is 5.58. The maximum Gasteiger partial charge on any atom is 0.258 e. The first-order valence-electron chi connectivity index (χ1n) is 11.0. The molecule has 1 atom stereocenters. The lowest BCUT2D eigenvalue weighted by Crippen LogP contribution is -2.48. The number of para-hydroxylation sites is 2. The normalized spacial score (nSPS) is 15.8. The Bertz CT molecular complexity index is 1020. The van der Waals surface area contributed by atoms with Crippen LogP contribution in [-0.2, 0) is 6.54 Å². The van der Waals surface area contributed by atoms with E-state index in [1.165, 1.54) is 0 Å². The van der Waals surface area contributed by atoms with Crippen LogP contribution >= 0.6 is 0 Å². The van der Waals surface area contributed by atoms with Gasteiger partial charge >= 0.3 is 0 Å².